The molecule has 0 unspecified atom stereocenters. The lowest BCUT2D eigenvalue weighted by molar-refractivity contribution is 1.07. The first kappa shape index (κ1) is 30.8. The molecule has 7 heteroatoms. The largest absolute Gasteiger partial charge is 0.245 e. The van der Waals surface area contributed by atoms with Crippen molar-refractivity contribution >= 4 is 42.5 Å². The zero-order valence-corrected chi connectivity index (χ0v) is 29.1. The van der Waals surface area contributed by atoms with Crippen molar-refractivity contribution in [3.05, 3.63) is 170 Å². The predicted octanol–water partition coefficient (Wildman–Crippen LogP) is 11.6. The van der Waals surface area contributed by atoms with Crippen molar-refractivity contribution in [2.24, 2.45) is 0 Å². The average molecular weight is 697 g/mol. The maximum absolute atomic E-state index is 4.97. The number of benzene rings is 6. The molecule has 0 amide bonds. The molecule has 4 heterocycles. The summed E-state index contributed by atoms with van der Waals surface area (Å²) in [5, 5.41) is 3.41. The van der Waals surface area contributed by atoms with Crippen LogP contribution in [0.3, 0.4) is 0 Å². The first-order valence-electron chi connectivity index (χ1n) is 17.3. The van der Waals surface area contributed by atoms with E-state index in [0.29, 0.717) is 17.5 Å². The van der Waals surface area contributed by atoms with Crippen LogP contribution in [0.4, 0.5) is 0 Å². The highest BCUT2D eigenvalue weighted by molar-refractivity contribution is 7.25. The van der Waals surface area contributed by atoms with Gasteiger partial charge in [-0.25, -0.2) is 29.9 Å². The van der Waals surface area contributed by atoms with Crippen LogP contribution in [-0.4, -0.2) is 29.9 Å². The fourth-order valence-corrected chi connectivity index (χ4v) is 7.86. The molecule has 0 radical (unpaired) electrons. The highest BCUT2D eigenvalue weighted by Gasteiger charge is 2.16. The standard InChI is InChI=1S/C46H28N6S/c1-3-9-29(10-4-1)31-15-20-34(21-16-31)44-50-43(33-12-5-2-6-13-33)51-45(52-44)35-22-17-32(18-23-35)38-26-39-41-42(53-46(39)47-27-38)40(48-28-49-41)37-24-19-30-11-7-8-14-36(30)25-37/h1-28H. The molecule has 0 spiro atoms. The number of pyridine rings is 1. The van der Waals surface area contributed by atoms with Crippen molar-refractivity contribution in [2.75, 3.05) is 0 Å². The van der Waals surface area contributed by atoms with E-state index in [1.165, 1.54) is 16.3 Å². The van der Waals surface area contributed by atoms with Gasteiger partial charge in [-0.2, -0.15) is 0 Å². The van der Waals surface area contributed by atoms with Crippen LogP contribution in [-0.2, 0) is 0 Å². The maximum Gasteiger partial charge on any atom is 0.164 e. The lowest BCUT2D eigenvalue weighted by Crippen LogP contribution is -2.00. The predicted molar refractivity (Wildman–Crippen MR) is 216 cm³/mol. The van der Waals surface area contributed by atoms with Crippen LogP contribution in [0, 0.1) is 0 Å². The summed E-state index contributed by atoms with van der Waals surface area (Å²) >= 11 is 1.63. The van der Waals surface area contributed by atoms with Gasteiger partial charge in [0.15, 0.2) is 17.5 Å². The van der Waals surface area contributed by atoms with E-state index in [-0.39, 0.29) is 0 Å². The Morgan fingerprint density at radius 3 is 1.55 bits per heavy atom. The third-order valence-electron chi connectivity index (χ3n) is 9.53. The fraction of sp³-hybridized carbons (Fsp3) is 0. The van der Waals surface area contributed by atoms with Crippen LogP contribution >= 0.6 is 11.3 Å². The van der Waals surface area contributed by atoms with Crippen LogP contribution in [0.5, 0.6) is 0 Å². The molecule has 0 saturated heterocycles. The Morgan fingerprint density at radius 1 is 0.377 bits per heavy atom. The molecular weight excluding hydrogens is 669 g/mol. The van der Waals surface area contributed by atoms with Crippen molar-refractivity contribution < 1.29 is 0 Å². The summed E-state index contributed by atoms with van der Waals surface area (Å²) < 4.78 is 1.03. The van der Waals surface area contributed by atoms with Crippen molar-refractivity contribution in [1.29, 1.82) is 0 Å². The van der Waals surface area contributed by atoms with Gasteiger partial charge in [0, 0.05) is 39.4 Å². The first-order valence-corrected chi connectivity index (χ1v) is 18.2. The van der Waals surface area contributed by atoms with Crippen molar-refractivity contribution in [1.82, 2.24) is 29.9 Å². The van der Waals surface area contributed by atoms with Crippen LogP contribution in [0.15, 0.2) is 170 Å². The zero-order chi connectivity index (χ0) is 35.1. The summed E-state index contributed by atoms with van der Waals surface area (Å²) in [5.41, 5.74) is 10.0. The fourth-order valence-electron chi connectivity index (χ4n) is 6.77. The minimum absolute atomic E-state index is 0.614. The number of hydrogen-bond donors (Lipinski definition) is 0. The van der Waals surface area contributed by atoms with Gasteiger partial charge in [-0.1, -0.05) is 146 Å². The number of thiophene rings is 1. The zero-order valence-electron chi connectivity index (χ0n) is 28.3. The summed E-state index contributed by atoms with van der Waals surface area (Å²) in [6, 6.07) is 54.2. The van der Waals surface area contributed by atoms with Gasteiger partial charge < -0.3 is 0 Å². The van der Waals surface area contributed by atoms with Crippen molar-refractivity contribution in [3.8, 4) is 67.7 Å². The number of nitrogens with zero attached hydrogens (tertiary/aromatic N) is 6. The maximum atomic E-state index is 4.97. The molecule has 0 atom stereocenters. The van der Waals surface area contributed by atoms with E-state index >= 15 is 0 Å². The van der Waals surface area contributed by atoms with E-state index in [9.17, 15) is 0 Å². The van der Waals surface area contributed by atoms with Gasteiger partial charge in [-0.15, -0.1) is 11.3 Å². The third-order valence-corrected chi connectivity index (χ3v) is 10.6. The van der Waals surface area contributed by atoms with Crippen molar-refractivity contribution in [3.63, 3.8) is 0 Å². The topological polar surface area (TPSA) is 77.3 Å². The van der Waals surface area contributed by atoms with Gasteiger partial charge in [0.2, 0.25) is 0 Å². The molecule has 0 fully saturated rings. The summed E-state index contributed by atoms with van der Waals surface area (Å²) in [6.07, 6.45) is 3.59. The Morgan fingerprint density at radius 2 is 0.887 bits per heavy atom. The molecule has 6 nitrogen and oxygen atoms in total. The normalized spacial score (nSPS) is 11.4. The third kappa shape index (κ3) is 5.79. The van der Waals surface area contributed by atoms with Gasteiger partial charge in [0.05, 0.1) is 15.9 Å². The Bertz CT molecular complexity index is 2930. The Labute approximate surface area is 309 Å². The molecule has 10 aromatic rings. The smallest absolute Gasteiger partial charge is 0.164 e. The molecule has 0 aliphatic heterocycles. The van der Waals surface area contributed by atoms with Crippen LogP contribution in [0.1, 0.15) is 0 Å². The van der Waals surface area contributed by atoms with Gasteiger partial charge >= 0.3 is 0 Å². The van der Waals surface area contributed by atoms with Crippen LogP contribution in [0.25, 0.3) is 98.9 Å². The molecule has 4 aromatic heterocycles. The Hall–Kier alpha value is -6.96. The molecular formula is C46H28N6S. The van der Waals surface area contributed by atoms with Crippen LogP contribution < -0.4 is 0 Å². The summed E-state index contributed by atoms with van der Waals surface area (Å²) in [5.74, 6) is 1.87. The molecule has 0 bridgehead atoms. The second-order valence-electron chi connectivity index (χ2n) is 12.8. The van der Waals surface area contributed by atoms with E-state index in [4.69, 9.17) is 29.9 Å². The Kier molecular flexibility index (Phi) is 7.55. The summed E-state index contributed by atoms with van der Waals surface area (Å²) in [6.45, 7) is 0. The summed E-state index contributed by atoms with van der Waals surface area (Å²) in [4.78, 5) is 30.1. The minimum Gasteiger partial charge on any atom is -0.245 e. The van der Waals surface area contributed by atoms with Gasteiger partial charge in [-0.05, 0) is 39.6 Å². The SMILES string of the molecule is c1ccc(-c2ccc(-c3nc(-c4ccccc4)nc(-c4ccc(-c5cnc6sc7c(-c8ccc9ccccc9c8)ncnc7c6c5)cc4)n3)cc2)cc1. The highest BCUT2D eigenvalue weighted by atomic mass is 32.1. The van der Waals surface area contributed by atoms with E-state index in [1.807, 2.05) is 42.6 Å². The van der Waals surface area contributed by atoms with Crippen molar-refractivity contribution in [2.45, 2.75) is 0 Å². The quantitative estimate of drug-likeness (QED) is 0.172. The molecule has 6 aromatic carbocycles. The summed E-state index contributed by atoms with van der Waals surface area (Å²) in [7, 11) is 0. The lowest BCUT2D eigenvalue weighted by atomic mass is 10.0. The van der Waals surface area contributed by atoms with Gasteiger partial charge in [0.25, 0.3) is 0 Å². The number of hydrogen-bond acceptors (Lipinski definition) is 7. The minimum atomic E-state index is 0.614. The molecule has 53 heavy (non-hydrogen) atoms. The first-order chi connectivity index (χ1) is 26.2. The molecule has 0 aliphatic carbocycles. The van der Waals surface area contributed by atoms with E-state index in [2.05, 4.69) is 121 Å². The molecule has 0 N–H and O–H groups in total. The second kappa shape index (κ2) is 13.0. The number of aromatic nitrogens is 6. The van der Waals surface area contributed by atoms with Gasteiger partial charge in [-0.3, -0.25) is 0 Å². The monoisotopic (exact) mass is 696 g/mol. The van der Waals surface area contributed by atoms with E-state index in [1.54, 1.807) is 17.7 Å². The van der Waals surface area contributed by atoms with E-state index < -0.39 is 0 Å². The Balaban J connectivity index is 1.00. The number of rotatable bonds is 6. The number of fused-ring (bicyclic) bond motifs is 4. The van der Waals surface area contributed by atoms with E-state index in [0.717, 1.165) is 65.1 Å². The van der Waals surface area contributed by atoms with Crippen LogP contribution in [0.2, 0.25) is 0 Å². The average Bonchev–Trinajstić information content (AvgIpc) is 3.62. The molecule has 0 aliphatic rings. The van der Waals surface area contributed by atoms with Gasteiger partial charge in [0.1, 0.15) is 11.2 Å². The highest BCUT2D eigenvalue weighted by Crippen LogP contribution is 2.39. The molecule has 248 valence electrons. The lowest BCUT2D eigenvalue weighted by Gasteiger charge is -2.10. The molecule has 0 saturated carbocycles. The second-order valence-corrected chi connectivity index (χ2v) is 13.8. The molecule has 10 rings (SSSR count).